The Morgan fingerprint density at radius 3 is 1.56 bits per heavy atom. The summed E-state index contributed by atoms with van der Waals surface area (Å²) in [5, 5.41) is 0. The molecule has 8 heterocycles. The summed E-state index contributed by atoms with van der Waals surface area (Å²) in [6.07, 6.45) is 8.04. The fraction of sp³-hybridized carbons (Fsp3) is 1.00. The summed E-state index contributed by atoms with van der Waals surface area (Å²) < 4.78 is 30.4. The molecule has 0 N–H and O–H groups in total. The number of hydrogen-bond acceptors (Lipinski definition) is 9. The number of rotatable bonds is 1. The maximum absolute atomic E-state index is 6.23. The van der Waals surface area contributed by atoms with Crippen LogP contribution in [0.15, 0.2) is 0 Å². The first kappa shape index (κ1) is 29.4. The molecule has 234 valence electrons. The Kier molecular flexibility index (Phi) is 7.21. The zero-order valence-corrected chi connectivity index (χ0v) is 26.3. The van der Waals surface area contributed by atoms with Crippen LogP contribution in [0.3, 0.4) is 0 Å². The van der Waals surface area contributed by atoms with Crippen LogP contribution in [0.4, 0.5) is 0 Å². The van der Waals surface area contributed by atoms with Gasteiger partial charge in [-0.3, -0.25) is 0 Å². The molecular formula is C32H52O9. The molecular weight excluding hydrogens is 528 g/mol. The Morgan fingerprint density at radius 2 is 1.05 bits per heavy atom. The molecule has 2 spiro atoms. The van der Waals surface area contributed by atoms with Gasteiger partial charge in [0.1, 0.15) is 0 Å². The van der Waals surface area contributed by atoms with E-state index in [1.54, 1.807) is 7.11 Å². The van der Waals surface area contributed by atoms with Crippen molar-refractivity contribution in [3.63, 3.8) is 0 Å². The van der Waals surface area contributed by atoms with E-state index in [9.17, 15) is 0 Å². The highest BCUT2D eigenvalue weighted by Gasteiger charge is 2.70. The molecule has 4 bridgehead atoms. The van der Waals surface area contributed by atoms with Gasteiger partial charge >= 0.3 is 0 Å². The first-order valence-corrected chi connectivity index (χ1v) is 16.4. The smallest absolute Gasteiger partial charge is 0.201 e. The van der Waals surface area contributed by atoms with E-state index in [2.05, 4.69) is 34.6 Å². The average Bonchev–Trinajstić information content (AvgIpc) is 3.31. The minimum absolute atomic E-state index is 0.219. The summed E-state index contributed by atoms with van der Waals surface area (Å²) in [5.41, 5.74) is -0.859. The van der Waals surface area contributed by atoms with Crippen molar-refractivity contribution in [2.24, 2.45) is 47.3 Å². The van der Waals surface area contributed by atoms with E-state index in [0.29, 0.717) is 41.4 Å². The van der Waals surface area contributed by atoms with Gasteiger partial charge in [0.25, 0.3) is 0 Å². The molecule has 9 heteroatoms. The third-order valence-electron chi connectivity index (χ3n) is 12.8. The van der Waals surface area contributed by atoms with Gasteiger partial charge in [-0.1, -0.05) is 27.7 Å². The van der Waals surface area contributed by atoms with Crippen molar-refractivity contribution in [2.75, 3.05) is 7.11 Å². The van der Waals surface area contributed by atoms with E-state index in [1.807, 2.05) is 13.8 Å². The minimum Gasteiger partial charge on any atom is -0.355 e. The summed E-state index contributed by atoms with van der Waals surface area (Å²) in [7, 11) is 1.70. The maximum Gasteiger partial charge on any atom is 0.201 e. The van der Waals surface area contributed by atoms with E-state index in [4.69, 9.17) is 43.2 Å². The summed E-state index contributed by atoms with van der Waals surface area (Å²) >= 11 is 0. The van der Waals surface area contributed by atoms with E-state index in [0.717, 1.165) is 32.1 Å². The van der Waals surface area contributed by atoms with Crippen LogP contribution in [-0.4, -0.2) is 54.9 Å². The van der Waals surface area contributed by atoms with Crippen molar-refractivity contribution >= 4 is 0 Å². The van der Waals surface area contributed by atoms with Gasteiger partial charge in [0.15, 0.2) is 30.1 Å². The molecule has 0 aromatic heterocycles. The Hall–Kier alpha value is -0.360. The SMILES string of the molecule is CC1O[C@@H]2O[C@]3(C)CC[C@H]4[C@H](C)CC[C@@H]([C@H]1C)[C@@]24OO3.COC1O[C@@H]2O[C@]3(C)CC[C@H]4[C@H](C)CC[C@@H]([C@H]1C)[C@@]24OO3. The predicted molar refractivity (Wildman–Crippen MR) is 146 cm³/mol. The lowest BCUT2D eigenvalue weighted by Gasteiger charge is -2.60. The van der Waals surface area contributed by atoms with Crippen LogP contribution in [-0.2, 0) is 43.2 Å². The minimum atomic E-state index is -0.698. The number of methoxy groups -OCH3 is 1. The fourth-order valence-corrected chi connectivity index (χ4v) is 10.2. The van der Waals surface area contributed by atoms with Crippen molar-refractivity contribution in [1.82, 2.24) is 0 Å². The van der Waals surface area contributed by atoms with Crippen molar-refractivity contribution in [2.45, 2.75) is 148 Å². The zero-order valence-electron chi connectivity index (χ0n) is 26.3. The summed E-state index contributed by atoms with van der Waals surface area (Å²) in [5.74, 6) is 2.39. The fourth-order valence-electron chi connectivity index (χ4n) is 10.2. The van der Waals surface area contributed by atoms with Crippen molar-refractivity contribution in [1.29, 1.82) is 0 Å². The van der Waals surface area contributed by atoms with Gasteiger partial charge in [0.05, 0.1) is 6.10 Å². The monoisotopic (exact) mass is 580 g/mol. The van der Waals surface area contributed by atoms with Gasteiger partial charge in [-0.2, -0.15) is 0 Å². The Balaban J connectivity index is 0.000000135. The van der Waals surface area contributed by atoms with Crippen LogP contribution in [0.2, 0.25) is 0 Å². The molecule has 2 aliphatic carbocycles. The van der Waals surface area contributed by atoms with Crippen molar-refractivity contribution in [3.8, 4) is 0 Å². The molecule has 10 fully saturated rings. The second-order valence-electron chi connectivity index (χ2n) is 15.1. The van der Waals surface area contributed by atoms with Crippen LogP contribution >= 0.6 is 0 Å². The van der Waals surface area contributed by atoms with E-state index >= 15 is 0 Å². The number of hydrogen-bond donors (Lipinski definition) is 0. The predicted octanol–water partition coefficient (Wildman–Crippen LogP) is 6.10. The number of ether oxygens (including phenoxy) is 5. The Bertz CT molecular complexity index is 992. The largest absolute Gasteiger partial charge is 0.355 e. The van der Waals surface area contributed by atoms with Gasteiger partial charge in [-0.15, -0.1) is 0 Å². The van der Waals surface area contributed by atoms with Gasteiger partial charge in [0, 0.05) is 37.7 Å². The van der Waals surface area contributed by atoms with Gasteiger partial charge in [-0.25, -0.2) is 19.6 Å². The molecule has 9 nitrogen and oxygen atoms in total. The molecule has 2 unspecified atom stereocenters. The lowest BCUT2D eigenvalue weighted by molar-refractivity contribution is -0.577. The highest BCUT2D eigenvalue weighted by atomic mass is 17.3. The summed E-state index contributed by atoms with van der Waals surface area (Å²) in [6.45, 7) is 15.2. The first-order chi connectivity index (χ1) is 19.5. The van der Waals surface area contributed by atoms with Crippen molar-refractivity contribution in [3.05, 3.63) is 0 Å². The van der Waals surface area contributed by atoms with Gasteiger partial charge in [0.2, 0.25) is 11.6 Å². The molecule has 0 aromatic carbocycles. The van der Waals surface area contributed by atoms with E-state index in [1.165, 1.54) is 19.3 Å². The van der Waals surface area contributed by atoms with E-state index < -0.39 is 23.5 Å². The average molecular weight is 581 g/mol. The molecule has 41 heavy (non-hydrogen) atoms. The highest BCUT2D eigenvalue weighted by molar-refractivity contribution is 5.10. The van der Waals surface area contributed by atoms with Crippen LogP contribution in [0.25, 0.3) is 0 Å². The number of fused-ring (bicyclic) bond motifs is 4. The Labute approximate surface area is 245 Å². The van der Waals surface area contributed by atoms with Crippen molar-refractivity contribution < 1.29 is 43.2 Å². The molecule has 10 rings (SSSR count). The molecule has 8 aliphatic heterocycles. The highest BCUT2D eigenvalue weighted by Crippen LogP contribution is 2.62. The second-order valence-corrected chi connectivity index (χ2v) is 15.1. The van der Waals surface area contributed by atoms with Crippen LogP contribution in [0.1, 0.15) is 99.8 Å². The summed E-state index contributed by atoms with van der Waals surface area (Å²) in [6, 6.07) is 0. The first-order valence-electron chi connectivity index (χ1n) is 16.4. The quantitative estimate of drug-likeness (QED) is 0.342. The maximum atomic E-state index is 6.23. The molecule has 2 saturated carbocycles. The standard InChI is InChI=1S/C16H26O5.C16H26O4/c1-9-5-6-12-10(2)13(17-4)18-14-16(12)11(9)7-8-15(3,19-14)20-21-16;1-9-5-6-13-10(2)11(3)17-14-16(13)12(9)7-8-15(4,18-14)19-20-16/h9-14H,5-8H2,1-4H3;9-14H,5-8H2,1-4H3/t9-,10-,11+,12+,13?,14-,15+,16-;9-,10+,11?,12+,13+,14-,15+,16-/m11/s1. The topological polar surface area (TPSA) is 83.1 Å². The van der Waals surface area contributed by atoms with E-state index in [-0.39, 0.29) is 30.2 Å². The molecule has 0 aromatic rings. The zero-order chi connectivity index (χ0) is 28.9. The van der Waals surface area contributed by atoms with Crippen LogP contribution in [0, 0.1) is 47.3 Å². The normalized spacial score (nSPS) is 60.6. The van der Waals surface area contributed by atoms with Crippen LogP contribution < -0.4 is 0 Å². The lowest BCUT2D eigenvalue weighted by Crippen LogP contribution is -2.70. The van der Waals surface area contributed by atoms with Gasteiger partial charge < -0.3 is 23.7 Å². The molecule has 8 saturated heterocycles. The Morgan fingerprint density at radius 1 is 0.561 bits per heavy atom. The molecule has 0 amide bonds. The second kappa shape index (κ2) is 10.1. The third-order valence-corrected chi connectivity index (χ3v) is 12.8. The van der Waals surface area contributed by atoms with Crippen LogP contribution in [0.5, 0.6) is 0 Å². The van der Waals surface area contributed by atoms with Gasteiger partial charge in [-0.05, 0) is 88.9 Å². The third kappa shape index (κ3) is 4.20. The molecule has 10 aliphatic rings. The molecule has 16 atom stereocenters. The molecule has 0 radical (unpaired) electrons. The lowest BCUT2D eigenvalue weighted by atomic mass is 9.57. The summed E-state index contributed by atoms with van der Waals surface area (Å²) in [4.78, 5) is 23.6.